The minimum absolute atomic E-state index is 0.120. The third-order valence-electron chi connectivity index (χ3n) is 9.84. The van der Waals surface area contributed by atoms with Crippen molar-refractivity contribution in [2.75, 3.05) is 0 Å². The fourth-order valence-electron chi connectivity index (χ4n) is 8.80. The van der Waals surface area contributed by atoms with Gasteiger partial charge in [0, 0.05) is 45.4 Å². The van der Waals surface area contributed by atoms with Gasteiger partial charge in [-0.05, 0) is 37.0 Å². The van der Waals surface area contributed by atoms with Crippen molar-refractivity contribution in [3.05, 3.63) is 0 Å². The van der Waals surface area contributed by atoms with E-state index in [1.807, 2.05) is 13.8 Å². The topological polar surface area (TPSA) is 139 Å². The average Bonchev–Trinajstić information content (AvgIpc) is 2.91. The standard InChI is InChI=1S/C28H38O10/c1-13-18-10-19(35-14(2)30)23-27(12-29)20(26(6,7)9-8-21(27)36-15(3)31)11-22(37-16(4)32)28(23,24(13)34)25(18)38-17(5)33/h12-13,18-23,25H,8-11H2,1-7H3/t13-,18+,19+,20-,21-,22-,23+,25-,27+,28-/m1/s1. The van der Waals surface area contributed by atoms with Gasteiger partial charge in [0.15, 0.2) is 0 Å². The number of hydrogen-bond donors (Lipinski definition) is 0. The van der Waals surface area contributed by atoms with Crippen LogP contribution in [0.2, 0.25) is 0 Å². The molecule has 4 fully saturated rings. The Labute approximate surface area is 222 Å². The summed E-state index contributed by atoms with van der Waals surface area (Å²) in [5, 5.41) is 0. The molecule has 4 aliphatic carbocycles. The van der Waals surface area contributed by atoms with Crippen molar-refractivity contribution >= 4 is 35.9 Å². The minimum atomic E-state index is -1.66. The van der Waals surface area contributed by atoms with Crippen molar-refractivity contribution in [3.8, 4) is 0 Å². The fourth-order valence-corrected chi connectivity index (χ4v) is 8.80. The summed E-state index contributed by atoms with van der Waals surface area (Å²) in [6.45, 7) is 10.7. The first-order chi connectivity index (χ1) is 17.6. The molecule has 0 saturated heterocycles. The van der Waals surface area contributed by atoms with Crippen LogP contribution in [-0.2, 0) is 47.7 Å². The molecule has 10 heteroatoms. The Balaban J connectivity index is 2.09. The predicted molar refractivity (Wildman–Crippen MR) is 130 cm³/mol. The third-order valence-corrected chi connectivity index (χ3v) is 9.84. The number of Topliss-reactive ketones (excluding diaryl/α,β-unsaturated/α-hetero) is 1. The predicted octanol–water partition coefficient (Wildman–Crippen LogP) is 2.58. The number of esters is 4. The second-order valence-corrected chi connectivity index (χ2v) is 12.3. The van der Waals surface area contributed by atoms with E-state index in [2.05, 4.69) is 0 Å². The van der Waals surface area contributed by atoms with Crippen LogP contribution in [0.25, 0.3) is 0 Å². The first-order valence-electron chi connectivity index (χ1n) is 13.3. The zero-order chi connectivity index (χ0) is 28.4. The molecule has 0 radical (unpaired) electrons. The average molecular weight is 535 g/mol. The monoisotopic (exact) mass is 534 g/mol. The van der Waals surface area contributed by atoms with Gasteiger partial charge in [-0.1, -0.05) is 20.8 Å². The molecule has 0 N–H and O–H groups in total. The molecule has 0 aromatic rings. The number of ketones is 1. The van der Waals surface area contributed by atoms with Crippen LogP contribution >= 0.6 is 0 Å². The maximum Gasteiger partial charge on any atom is 0.302 e. The summed E-state index contributed by atoms with van der Waals surface area (Å²) in [4.78, 5) is 77.5. The van der Waals surface area contributed by atoms with Crippen molar-refractivity contribution < 1.29 is 47.7 Å². The minimum Gasteiger partial charge on any atom is -0.462 e. The molecule has 0 amide bonds. The second kappa shape index (κ2) is 9.45. The Bertz CT molecular complexity index is 1060. The highest BCUT2D eigenvalue weighted by molar-refractivity contribution is 5.94. The molecule has 0 heterocycles. The quantitative estimate of drug-likeness (QED) is 0.294. The number of carbonyl (C=O) groups excluding carboxylic acids is 6. The van der Waals surface area contributed by atoms with Crippen LogP contribution in [0.4, 0.5) is 0 Å². The summed E-state index contributed by atoms with van der Waals surface area (Å²) in [5.74, 6) is -5.40. The van der Waals surface area contributed by atoms with Crippen LogP contribution in [0.1, 0.15) is 74.1 Å². The molecule has 1 spiro atoms. The molecule has 210 valence electrons. The Hall–Kier alpha value is -2.78. The number of fused-ring (bicyclic) bond motifs is 3. The zero-order valence-corrected chi connectivity index (χ0v) is 23.1. The molecule has 10 nitrogen and oxygen atoms in total. The van der Waals surface area contributed by atoms with E-state index in [1.165, 1.54) is 27.7 Å². The Morgan fingerprint density at radius 3 is 1.92 bits per heavy atom. The normalized spacial score (nSPS) is 42.7. The highest BCUT2D eigenvalue weighted by atomic mass is 16.6. The van der Waals surface area contributed by atoms with E-state index in [0.29, 0.717) is 12.8 Å². The van der Waals surface area contributed by atoms with Gasteiger partial charge in [0.2, 0.25) is 0 Å². The van der Waals surface area contributed by atoms with Gasteiger partial charge < -0.3 is 23.7 Å². The maximum atomic E-state index is 14.4. The van der Waals surface area contributed by atoms with Gasteiger partial charge >= 0.3 is 23.9 Å². The highest BCUT2D eigenvalue weighted by Crippen LogP contribution is 2.72. The van der Waals surface area contributed by atoms with Crippen LogP contribution in [0.15, 0.2) is 0 Å². The maximum absolute atomic E-state index is 14.4. The fraction of sp³-hybridized carbons (Fsp3) is 0.786. The SMILES string of the molecule is CC(=O)O[C@H]1C[C@@H]2[C@@H](OC(C)=O)[C@]3(C(=O)[C@@H]2C)[C@H](OC(C)=O)C[C@@H]2C(C)(C)CC[C@@H](OC(C)=O)[C@@]2(C=O)[C@H]13. The van der Waals surface area contributed by atoms with Gasteiger partial charge in [0.25, 0.3) is 0 Å². The molecular weight excluding hydrogens is 496 g/mol. The molecule has 2 bridgehead atoms. The van der Waals surface area contributed by atoms with E-state index < -0.39 is 88.2 Å². The lowest BCUT2D eigenvalue weighted by Gasteiger charge is -2.66. The molecular formula is C28H38O10. The van der Waals surface area contributed by atoms with Gasteiger partial charge in [-0.2, -0.15) is 0 Å². The number of rotatable bonds is 5. The Morgan fingerprint density at radius 1 is 0.842 bits per heavy atom. The van der Waals surface area contributed by atoms with Crippen molar-refractivity contribution in [2.24, 2.45) is 39.9 Å². The summed E-state index contributed by atoms with van der Waals surface area (Å²) in [7, 11) is 0. The van der Waals surface area contributed by atoms with E-state index in [1.54, 1.807) is 6.92 Å². The first-order valence-corrected chi connectivity index (χ1v) is 13.3. The molecule has 4 aliphatic rings. The number of aldehydes is 1. The largest absolute Gasteiger partial charge is 0.462 e. The Morgan fingerprint density at radius 2 is 1.39 bits per heavy atom. The molecule has 10 atom stereocenters. The number of ether oxygens (including phenoxy) is 4. The van der Waals surface area contributed by atoms with E-state index in [4.69, 9.17) is 18.9 Å². The van der Waals surface area contributed by atoms with Crippen LogP contribution in [-0.4, -0.2) is 60.4 Å². The summed E-state index contributed by atoms with van der Waals surface area (Å²) < 4.78 is 23.4. The smallest absolute Gasteiger partial charge is 0.302 e. The van der Waals surface area contributed by atoms with Crippen LogP contribution in [0.3, 0.4) is 0 Å². The summed E-state index contributed by atoms with van der Waals surface area (Å²) in [5.41, 5.74) is -3.62. The highest BCUT2D eigenvalue weighted by Gasteiger charge is 2.82. The molecule has 0 aliphatic heterocycles. The van der Waals surface area contributed by atoms with Crippen molar-refractivity contribution in [1.29, 1.82) is 0 Å². The van der Waals surface area contributed by atoms with Crippen LogP contribution in [0.5, 0.6) is 0 Å². The second-order valence-electron chi connectivity index (χ2n) is 12.3. The van der Waals surface area contributed by atoms with Gasteiger partial charge in [-0.3, -0.25) is 24.0 Å². The van der Waals surface area contributed by atoms with Gasteiger partial charge in [-0.25, -0.2) is 0 Å². The van der Waals surface area contributed by atoms with Crippen molar-refractivity contribution in [2.45, 2.75) is 98.6 Å². The zero-order valence-electron chi connectivity index (χ0n) is 23.1. The summed E-state index contributed by atoms with van der Waals surface area (Å²) in [6.07, 6.45) is -1.88. The lowest BCUT2D eigenvalue weighted by Crippen LogP contribution is -2.75. The summed E-state index contributed by atoms with van der Waals surface area (Å²) >= 11 is 0. The third kappa shape index (κ3) is 3.88. The molecule has 4 rings (SSSR count). The molecule has 4 saturated carbocycles. The molecule has 38 heavy (non-hydrogen) atoms. The van der Waals surface area contributed by atoms with E-state index >= 15 is 0 Å². The van der Waals surface area contributed by atoms with Crippen LogP contribution < -0.4 is 0 Å². The molecule has 0 unspecified atom stereocenters. The lowest BCUT2D eigenvalue weighted by molar-refractivity contribution is -0.276. The number of hydrogen-bond acceptors (Lipinski definition) is 10. The van der Waals surface area contributed by atoms with E-state index in [-0.39, 0.29) is 18.6 Å². The van der Waals surface area contributed by atoms with Gasteiger partial charge in [-0.15, -0.1) is 0 Å². The summed E-state index contributed by atoms with van der Waals surface area (Å²) in [6, 6.07) is 0. The number of carbonyl (C=O) groups is 6. The lowest BCUT2D eigenvalue weighted by atomic mass is 9.38. The van der Waals surface area contributed by atoms with E-state index in [0.717, 1.165) is 6.29 Å². The Kier molecular flexibility index (Phi) is 7.02. The van der Waals surface area contributed by atoms with Crippen molar-refractivity contribution in [1.82, 2.24) is 0 Å². The van der Waals surface area contributed by atoms with Crippen molar-refractivity contribution in [3.63, 3.8) is 0 Å². The molecule has 0 aromatic heterocycles. The van der Waals surface area contributed by atoms with Crippen LogP contribution in [0, 0.1) is 39.9 Å². The van der Waals surface area contributed by atoms with Gasteiger partial charge in [0.1, 0.15) is 41.9 Å². The van der Waals surface area contributed by atoms with E-state index in [9.17, 15) is 28.8 Å². The molecule has 0 aromatic carbocycles. The van der Waals surface area contributed by atoms with Gasteiger partial charge in [0.05, 0.1) is 5.41 Å². The first kappa shape index (κ1) is 28.2.